The van der Waals surface area contributed by atoms with Gasteiger partial charge >= 0.3 is 0 Å². The molecular weight excluding hydrogens is 273 g/mol. The third-order valence-corrected chi connectivity index (χ3v) is 3.22. The monoisotopic (exact) mass is 291 g/mol. The highest BCUT2D eigenvalue weighted by Gasteiger charge is 2.11. The number of ether oxygens (including phenoxy) is 1. The summed E-state index contributed by atoms with van der Waals surface area (Å²) in [7, 11) is 0. The molecule has 3 nitrogen and oxygen atoms in total. The zero-order valence-electron chi connectivity index (χ0n) is 10.7. The second-order valence-electron chi connectivity index (χ2n) is 4.03. The van der Waals surface area contributed by atoms with Gasteiger partial charge in [-0.3, -0.25) is 0 Å². The number of benzene rings is 1. The van der Waals surface area contributed by atoms with Crippen LogP contribution in [0.15, 0.2) is 18.2 Å². The van der Waals surface area contributed by atoms with Crippen molar-refractivity contribution in [1.29, 1.82) is 0 Å². The number of aliphatic hydroxyl groups excluding tert-OH is 1. The number of aliphatic hydroxyl groups is 1. The average molecular weight is 292 g/mol. The Balaban J connectivity index is 2.44. The topological polar surface area (TPSA) is 32.7 Å². The van der Waals surface area contributed by atoms with Crippen LogP contribution < -0.4 is 4.74 Å². The first-order valence-corrected chi connectivity index (χ1v) is 6.80. The van der Waals surface area contributed by atoms with Gasteiger partial charge in [0.2, 0.25) is 0 Å². The maximum atomic E-state index is 9.85. The molecule has 0 radical (unpaired) electrons. The van der Waals surface area contributed by atoms with Gasteiger partial charge in [0.05, 0.1) is 5.02 Å². The quantitative estimate of drug-likeness (QED) is 0.838. The largest absolute Gasteiger partial charge is 0.489 e. The fourth-order valence-corrected chi connectivity index (χ4v) is 2.07. The van der Waals surface area contributed by atoms with Gasteiger partial charge in [-0.2, -0.15) is 0 Å². The van der Waals surface area contributed by atoms with E-state index in [2.05, 4.69) is 18.7 Å². The van der Waals surface area contributed by atoms with Gasteiger partial charge in [-0.25, -0.2) is 0 Å². The molecule has 0 aliphatic heterocycles. The molecule has 1 N–H and O–H groups in total. The van der Waals surface area contributed by atoms with Gasteiger partial charge in [0.1, 0.15) is 18.5 Å². The molecule has 0 fully saturated rings. The highest BCUT2D eigenvalue weighted by atomic mass is 35.5. The van der Waals surface area contributed by atoms with Gasteiger partial charge in [-0.05, 0) is 31.3 Å². The van der Waals surface area contributed by atoms with Gasteiger partial charge in [-0.15, -0.1) is 0 Å². The molecule has 0 aromatic heterocycles. The fourth-order valence-electron chi connectivity index (χ4n) is 1.61. The van der Waals surface area contributed by atoms with E-state index in [4.69, 9.17) is 27.9 Å². The van der Waals surface area contributed by atoms with Gasteiger partial charge in [0, 0.05) is 11.6 Å². The molecule has 0 saturated heterocycles. The Labute approximate surface area is 118 Å². The number of halogens is 2. The van der Waals surface area contributed by atoms with E-state index in [0.717, 1.165) is 13.1 Å². The van der Waals surface area contributed by atoms with E-state index in [1.54, 1.807) is 18.2 Å². The molecule has 0 bridgehead atoms. The molecule has 0 aliphatic rings. The van der Waals surface area contributed by atoms with E-state index in [9.17, 15) is 5.11 Å². The van der Waals surface area contributed by atoms with Crippen LogP contribution in [0.5, 0.6) is 5.75 Å². The van der Waals surface area contributed by atoms with Crippen LogP contribution in [-0.2, 0) is 0 Å². The summed E-state index contributed by atoms with van der Waals surface area (Å²) in [6.45, 7) is 6.76. The Morgan fingerprint density at radius 2 is 1.94 bits per heavy atom. The number of rotatable bonds is 7. The predicted molar refractivity (Wildman–Crippen MR) is 75.8 cm³/mol. The molecule has 0 heterocycles. The molecule has 1 unspecified atom stereocenters. The van der Waals surface area contributed by atoms with Crippen LogP contribution >= 0.6 is 23.2 Å². The van der Waals surface area contributed by atoms with E-state index < -0.39 is 6.10 Å². The third kappa shape index (κ3) is 5.02. The molecule has 1 atom stereocenters. The van der Waals surface area contributed by atoms with E-state index in [1.807, 2.05) is 0 Å². The van der Waals surface area contributed by atoms with Crippen LogP contribution in [0.1, 0.15) is 13.8 Å². The maximum absolute atomic E-state index is 9.85. The summed E-state index contributed by atoms with van der Waals surface area (Å²) in [4.78, 5) is 2.14. The van der Waals surface area contributed by atoms with Crippen molar-refractivity contribution in [2.45, 2.75) is 20.0 Å². The summed E-state index contributed by atoms with van der Waals surface area (Å²) in [5, 5.41) is 10.9. The van der Waals surface area contributed by atoms with Crippen molar-refractivity contribution in [1.82, 2.24) is 4.90 Å². The standard InChI is InChI=1S/C13H19Cl2NO2/c1-3-16(4-2)8-11(17)9-18-13-6-5-10(14)7-12(13)15/h5-7,11,17H,3-4,8-9H2,1-2H3. The minimum atomic E-state index is -0.531. The molecule has 1 aromatic carbocycles. The molecule has 5 heteroatoms. The zero-order valence-corrected chi connectivity index (χ0v) is 12.2. The lowest BCUT2D eigenvalue weighted by molar-refractivity contribution is 0.0717. The highest BCUT2D eigenvalue weighted by molar-refractivity contribution is 6.35. The Morgan fingerprint density at radius 3 is 2.50 bits per heavy atom. The molecule has 1 rings (SSSR count). The highest BCUT2D eigenvalue weighted by Crippen LogP contribution is 2.27. The van der Waals surface area contributed by atoms with Gasteiger partial charge < -0.3 is 14.7 Å². The first kappa shape index (κ1) is 15.6. The lowest BCUT2D eigenvalue weighted by atomic mass is 10.3. The molecule has 0 aliphatic carbocycles. The maximum Gasteiger partial charge on any atom is 0.138 e. The Hall–Kier alpha value is -0.480. The first-order valence-electron chi connectivity index (χ1n) is 6.05. The van der Waals surface area contributed by atoms with E-state index in [-0.39, 0.29) is 6.61 Å². The van der Waals surface area contributed by atoms with Crippen molar-refractivity contribution in [2.24, 2.45) is 0 Å². The van der Waals surface area contributed by atoms with Crippen molar-refractivity contribution >= 4 is 23.2 Å². The van der Waals surface area contributed by atoms with E-state index in [0.29, 0.717) is 22.3 Å². The normalized spacial score (nSPS) is 12.8. The molecule has 18 heavy (non-hydrogen) atoms. The number of hydrogen-bond donors (Lipinski definition) is 1. The lowest BCUT2D eigenvalue weighted by Gasteiger charge is -2.22. The van der Waals surface area contributed by atoms with E-state index in [1.165, 1.54) is 0 Å². The average Bonchev–Trinajstić information content (AvgIpc) is 2.35. The lowest BCUT2D eigenvalue weighted by Crippen LogP contribution is -2.35. The molecule has 0 amide bonds. The van der Waals surface area contributed by atoms with Crippen LogP contribution in [0.3, 0.4) is 0 Å². The fraction of sp³-hybridized carbons (Fsp3) is 0.538. The summed E-state index contributed by atoms with van der Waals surface area (Å²) in [5.74, 6) is 0.541. The summed E-state index contributed by atoms with van der Waals surface area (Å²) in [6, 6.07) is 5.03. The summed E-state index contributed by atoms with van der Waals surface area (Å²) >= 11 is 11.8. The van der Waals surface area contributed by atoms with Gasteiger partial charge in [0.15, 0.2) is 0 Å². The van der Waals surface area contributed by atoms with Crippen LogP contribution in [-0.4, -0.2) is 42.4 Å². The Bertz CT molecular complexity index is 370. The summed E-state index contributed by atoms with van der Waals surface area (Å²) in [5.41, 5.74) is 0. The van der Waals surface area contributed by atoms with Crippen LogP contribution in [0.4, 0.5) is 0 Å². The minimum absolute atomic E-state index is 0.220. The second kappa shape index (κ2) is 7.85. The number of likely N-dealkylation sites (N-methyl/N-ethyl adjacent to an activating group) is 1. The second-order valence-corrected chi connectivity index (χ2v) is 4.87. The minimum Gasteiger partial charge on any atom is -0.489 e. The smallest absolute Gasteiger partial charge is 0.138 e. The Kier molecular flexibility index (Phi) is 6.79. The van der Waals surface area contributed by atoms with Crippen LogP contribution in [0.2, 0.25) is 10.0 Å². The third-order valence-electron chi connectivity index (χ3n) is 2.69. The van der Waals surface area contributed by atoms with Crippen molar-refractivity contribution < 1.29 is 9.84 Å². The van der Waals surface area contributed by atoms with Crippen molar-refractivity contribution in [3.63, 3.8) is 0 Å². The zero-order chi connectivity index (χ0) is 13.5. The molecular formula is C13H19Cl2NO2. The van der Waals surface area contributed by atoms with E-state index >= 15 is 0 Å². The summed E-state index contributed by atoms with van der Waals surface area (Å²) in [6.07, 6.45) is -0.531. The molecule has 1 aromatic rings. The predicted octanol–water partition coefficient (Wildman–Crippen LogP) is 3.07. The first-order chi connectivity index (χ1) is 8.56. The molecule has 0 spiro atoms. The van der Waals surface area contributed by atoms with Crippen LogP contribution in [0, 0.1) is 0 Å². The molecule has 0 saturated carbocycles. The van der Waals surface area contributed by atoms with Crippen molar-refractivity contribution in [3.05, 3.63) is 28.2 Å². The molecule has 102 valence electrons. The summed E-state index contributed by atoms with van der Waals surface area (Å²) < 4.78 is 5.48. The van der Waals surface area contributed by atoms with Gasteiger partial charge in [0.25, 0.3) is 0 Å². The van der Waals surface area contributed by atoms with Crippen molar-refractivity contribution in [3.8, 4) is 5.75 Å². The van der Waals surface area contributed by atoms with Crippen molar-refractivity contribution in [2.75, 3.05) is 26.2 Å². The van der Waals surface area contributed by atoms with Crippen LogP contribution in [0.25, 0.3) is 0 Å². The SMILES string of the molecule is CCN(CC)CC(O)COc1ccc(Cl)cc1Cl. The van der Waals surface area contributed by atoms with Gasteiger partial charge in [-0.1, -0.05) is 37.0 Å². The number of hydrogen-bond acceptors (Lipinski definition) is 3. The number of nitrogens with zero attached hydrogens (tertiary/aromatic N) is 1. The Morgan fingerprint density at radius 1 is 1.28 bits per heavy atom.